The van der Waals surface area contributed by atoms with Crippen molar-refractivity contribution in [1.29, 1.82) is 0 Å². The SMILES string of the molecule is CC(C)c1nccc(C(F)F)n1. The van der Waals surface area contributed by atoms with Crippen molar-refractivity contribution in [2.24, 2.45) is 0 Å². The van der Waals surface area contributed by atoms with E-state index >= 15 is 0 Å². The Kier molecular flexibility index (Phi) is 2.68. The third kappa shape index (κ3) is 1.96. The first-order chi connectivity index (χ1) is 5.61. The molecule has 1 aromatic heterocycles. The van der Waals surface area contributed by atoms with Gasteiger partial charge in [-0.15, -0.1) is 0 Å². The summed E-state index contributed by atoms with van der Waals surface area (Å²) >= 11 is 0. The summed E-state index contributed by atoms with van der Waals surface area (Å²) in [5.74, 6) is 0.552. The van der Waals surface area contributed by atoms with Crippen molar-refractivity contribution in [3.63, 3.8) is 0 Å². The van der Waals surface area contributed by atoms with Gasteiger partial charge < -0.3 is 0 Å². The van der Waals surface area contributed by atoms with E-state index in [9.17, 15) is 8.78 Å². The Hall–Kier alpha value is -1.06. The lowest BCUT2D eigenvalue weighted by Gasteiger charge is -2.04. The van der Waals surface area contributed by atoms with Crippen molar-refractivity contribution in [2.75, 3.05) is 0 Å². The standard InChI is InChI=1S/C8H10F2N2/c1-5(2)8-11-4-3-6(12-8)7(9)10/h3-5,7H,1-2H3. The molecule has 0 radical (unpaired) electrons. The van der Waals surface area contributed by atoms with Crippen molar-refractivity contribution in [3.05, 3.63) is 23.8 Å². The van der Waals surface area contributed by atoms with Gasteiger partial charge >= 0.3 is 0 Å². The van der Waals surface area contributed by atoms with Crippen molar-refractivity contribution < 1.29 is 8.78 Å². The third-order valence-corrected chi connectivity index (χ3v) is 1.44. The zero-order chi connectivity index (χ0) is 9.14. The lowest BCUT2D eigenvalue weighted by molar-refractivity contribution is 0.145. The number of aromatic nitrogens is 2. The molecule has 0 aliphatic rings. The van der Waals surface area contributed by atoms with Crippen LogP contribution in [0.1, 0.15) is 37.7 Å². The Morgan fingerprint density at radius 3 is 2.50 bits per heavy atom. The average molecular weight is 172 g/mol. The van der Waals surface area contributed by atoms with Crippen molar-refractivity contribution >= 4 is 0 Å². The van der Waals surface area contributed by atoms with Gasteiger partial charge in [0.25, 0.3) is 6.43 Å². The van der Waals surface area contributed by atoms with Crippen molar-refractivity contribution in [3.8, 4) is 0 Å². The molecule has 1 aromatic rings. The summed E-state index contributed by atoms with van der Waals surface area (Å²) in [6.07, 6.45) is -1.14. The number of rotatable bonds is 2. The first kappa shape index (κ1) is 9.03. The maximum Gasteiger partial charge on any atom is 0.280 e. The molecule has 0 aliphatic carbocycles. The van der Waals surface area contributed by atoms with Gasteiger partial charge in [0.1, 0.15) is 11.5 Å². The van der Waals surface area contributed by atoms with Gasteiger partial charge in [0.05, 0.1) is 0 Å². The molecule has 0 aromatic carbocycles. The summed E-state index contributed by atoms with van der Waals surface area (Å²) in [6.45, 7) is 3.73. The lowest BCUT2D eigenvalue weighted by Crippen LogP contribution is -2.00. The van der Waals surface area contributed by atoms with Crippen LogP contribution in [-0.2, 0) is 0 Å². The van der Waals surface area contributed by atoms with E-state index in [0.29, 0.717) is 5.82 Å². The van der Waals surface area contributed by atoms with Crippen LogP contribution >= 0.6 is 0 Å². The van der Waals surface area contributed by atoms with Crippen LogP contribution in [0.5, 0.6) is 0 Å². The summed E-state index contributed by atoms with van der Waals surface area (Å²) in [5.41, 5.74) is -0.200. The van der Waals surface area contributed by atoms with E-state index in [0.717, 1.165) is 0 Å². The quantitative estimate of drug-likeness (QED) is 0.685. The second-order valence-electron chi connectivity index (χ2n) is 2.80. The van der Waals surface area contributed by atoms with Crippen LogP contribution in [0.25, 0.3) is 0 Å². The van der Waals surface area contributed by atoms with E-state index < -0.39 is 6.43 Å². The van der Waals surface area contributed by atoms with Crippen LogP contribution < -0.4 is 0 Å². The fourth-order valence-electron chi connectivity index (χ4n) is 0.788. The van der Waals surface area contributed by atoms with Crippen LogP contribution in [0.15, 0.2) is 12.3 Å². The fourth-order valence-corrected chi connectivity index (χ4v) is 0.788. The molecule has 0 fully saturated rings. The average Bonchev–Trinajstić information content (AvgIpc) is 2.04. The Morgan fingerprint density at radius 2 is 2.00 bits per heavy atom. The highest BCUT2D eigenvalue weighted by Gasteiger charge is 2.10. The van der Waals surface area contributed by atoms with Crippen molar-refractivity contribution in [1.82, 2.24) is 9.97 Å². The minimum atomic E-state index is -2.51. The molecular weight excluding hydrogens is 162 g/mol. The van der Waals surface area contributed by atoms with Gasteiger partial charge in [-0.1, -0.05) is 13.8 Å². The number of halogens is 2. The fraction of sp³-hybridized carbons (Fsp3) is 0.500. The van der Waals surface area contributed by atoms with Gasteiger partial charge in [-0.05, 0) is 6.07 Å². The molecular formula is C8H10F2N2. The second kappa shape index (κ2) is 3.56. The molecule has 0 saturated heterocycles. The second-order valence-corrected chi connectivity index (χ2v) is 2.80. The molecule has 1 heterocycles. The molecule has 0 amide bonds. The molecule has 0 bridgehead atoms. The predicted octanol–water partition coefficient (Wildman–Crippen LogP) is 2.54. The normalized spacial score (nSPS) is 11.2. The van der Waals surface area contributed by atoms with E-state index in [1.165, 1.54) is 12.3 Å². The maximum atomic E-state index is 12.1. The number of nitrogens with zero attached hydrogens (tertiary/aromatic N) is 2. The monoisotopic (exact) mass is 172 g/mol. The van der Waals surface area contributed by atoms with Gasteiger partial charge in [-0.2, -0.15) is 0 Å². The number of hydrogen-bond acceptors (Lipinski definition) is 2. The minimum Gasteiger partial charge on any atom is -0.241 e. The molecule has 1 rings (SSSR count). The van der Waals surface area contributed by atoms with Gasteiger partial charge in [0.2, 0.25) is 0 Å². The summed E-state index contributed by atoms with van der Waals surface area (Å²) in [5, 5.41) is 0. The predicted molar refractivity (Wildman–Crippen MR) is 41.1 cm³/mol. The summed E-state index contributed by atoms with van der Waals surface area (Å²) in [7, 11) is 0. The summed E-state index contributed by atoms with van der Waals surface area (Å²) in [6, 6.07) is 1.23. The highest BCUT2D eigenvalue weighted by atomic mass is 19.3. The Labute approximate surface area is 69.7 Å². The first-order valence-electron chi connectivity index (χ1n) is 3.72. The van der Waals surface area contributed by atoms with Gasteiger partial charge in [-0.25, -0.2) is 18.7 Å². The minimum absolute atomic E-state index is 0.0868. The zero-order valence-electron chi connectivity index (χ0n) is 6.96. The maximum absolute atomic E-state index is 12.1. The summed E-state index contributed by atoms with van der Waals surface area (Å²) in [4.78, 5) is 7.59. The molecule has 0 unspecified atom stereocenters. The smallest absolute Gasteiger partial charge is 0.241 e. The van der Waals surface area contributed by atoms with Crippen LogP contribution in [0.3, 0.4) is 0 Å². The molecule has 0 spiro atoms. The summed E-state index contributed by atoms with van der Waals surface area (Å²) < 4.78 is 24.2. The van der Waals surface area contributed by atoms with Crippen LogP contribution in [-0.4, -0.2) is 9.97 Å². The number of hydrogen-bond donors (Lipinski definition) is 0. The van der Waals surface area contributed by atoms with Gasteiger partial charge in [0, 0.05) is 12.1 Å². The lowest BCUT2D eigenvalue weighted by atomic mass is 10.2. The van der Waals surface area contributed by atoms with E-state index in [4.69, 9.17) is 0 Å². The van der Waals surface area contributed by atoms with Crippen LogP contribution in [0.2, 0.25) is 0 Å². The van der Waals surface area contributed by atoms with Crippen LogP contribution in [0.4, 0.5) is 8.78 Å². The molecule has 0 aliphatic heterocycles. The zero-order valence-corrected chi connectivity index (χ0v) is 6.96. The third-order valence-electron chi connectivity index (χ3n) is 1.44. The largest absolute Gasteiger partial charge is 0.280 e. The van der Waals surface area contributed by atoms with Gasteiger partial charge in [0.15, 0.2) is 0 Å². The molecule has 0 N–H and O–H groups in total. The van der Waals surface area contributed by atoms with E-state index in [-0.39, 0.29) is 11.6 Å². The van der Waals surface area contributed by atoms with Gasteiger partial charge in [-0.3, -0.25) is 0 Å². The Morgan fingerprint density at radius 1 is 1.33 bits per heavy atom. The Bertz CT molecular complexity index is 238. The number of alkyl halides is 2. The molecule has 0 saturated carbocycles. The molecule has 0 atom stereocenters. The Balaban J connectivity index is 2.96. The highest BCUT2D eigenvalue weighted by Crippen LogP contribution is 2.17. The van der Waals surface area contributed by atoms with E-state index in [1.807, 2.05) is 13.8 Å². The molecule has 12 heavy (non-hydrogen) atoms. The molecule has 4 heteroatoms. The highest BCUT2D eigenvalue weighted by molar-refractivity contribution is 5.05. The first-order valence-corrected chi connectivity index (χ1v) is 3.72. The molecule has 2 nitrogen and oxygen atoms in total. The van der Waals surface area contributed by atoms with E-state index in [1.54, 1.807) is 0 Å². The topological polar surface area (TPSA) is 25.8 Å². The van der Waals surface area contributed by atoms with Crippen LogP contribution in [0, 0.1) is 0 Å². The van der Waals surface area contributed by atoms with E-state index in [2.05, 4.69) is 9.97 Å². The molecule has 66 valence electrons. The van der Waals surface area contributed by atoms with Crippen molar-refractivity contribution in [2.45, 2.75) is 26.2 Å².